The van der Waals surface area contributed by atoms with E-state index in [0.717, 1.165) is 32.2 Å². The summed E-state index contributed by atoms with van der Waals surface area (Å²) in [7, 11) is 0. The van der Waals surface area contributed by atoms with Crippen LogP contribution < -0.4 is 11.1 Å². The predicted molar refractivity (Wildman–Crippen MR) is 68.7 cm³/mol. The van der Waals surface area contributed by atoms with Crippen LogP contribution in [-0.4, -0.2) is 41.9 Å². The molecule has 3 unspecified atom stereocenters. The molecule has 0 aromatic carbocycles. The van der Waals surface area contributed by atoms with Gasteiger partial charge in [0.25, 0.3) is 0 Å². The fraction of sp³-hybridized carbons (Fsp3) is 0.846. The molecule has 0 saturated carbocycles. The molecule has 0 aliphatic carbocycles. The van der Waals surface area contributed by atoms with Crippen LogP contribution in [0.1, 0.15) is 39.0 Å². The molecule has 0 spiro atoms. The van der Waals surface area contributed by atoms with Crippen molar-refractivity contribution in [2.24, 2.45) is 11.7 Å². The van der Waals surface area contributed by atoms with E-state index in [4.69, 9.17) is 5.73 Å². The third-order valence-electron chi connectivity index (χ3n) is 4.15. The largest absolute Gasteiger partial charge is 0.368 e. The quantitative estimate of drug-likeness (QED) is 0.740. The third-order valence-corrected chi connectivity index (χ3v) is 4.15. The minimum Gasteiger partial charge on any atom is -0.368 e. The third kappa shape index (κ3) is 2.66. The van der Waals surface area contributed by atoms with Crippen LogP contribution >= 0.6 is 0 Å². The van der Waals surface area contributed by atoms with E-state index in [-0.39, 0.29) is 17.9 Å². The molecular formula is C13H23N3O2. The normalized spacial score (nSPS) is 33.2. The molecule has 0 aromatic rings. The lowest BCUT2D eigenvalue weighted by molar-refractivity contribution is -0.144. The molecule has 0 bridgehead atoms. The van der Waals surface area contributed by atoms with E-state index < -0.39 is 6.04 Å². The van der Waals surface area contributed by atoms with Crippen LogP contribution in [0.15, 0.2) is 0 Å². The maximum absolute atomic E-state index is 12.5. The molecule has 5 heteroatoms. The highest BCUT2D eigenvalue weighted by molar-refractivity contribution is 5.89. The number of hydrogen-bond donors (Lipinski definition) is 2. The van der Waals surface area contributed by atoms with E-state index in [1.165, 1.54) is 0 Å². The average molecular weight is 253 g/mol. The first-order valence-corrected chi connectivity index (χ1v) is 6.94. The molecule has 0 aromatic heterocycles. The summed E-state index contributed by atoms with van der Waals surface area (Å²) < 4.78 is 0. The van der Waals surface area contributed by atoms with Crippen LogP contribution in [0.25, 0.3) is 0 Å². The number of piperidine rings is 2. The molecule has 18 heavy (non-hydrogen) atoms. The molecule has 2 fully saturated rings. The molecule has 3 atom stereocenters. The summed E-state index contributed by atoms with van der Waals surface area (Å²) in [6.07, 6.45) is 4.84. The van der Waals surface area contributed by atoms with Gasteiger partial charge in [-0.2, -0.15) is 0 Å². The van der Waals surface area contributed by atoms with Gasteiger partial charge in [-0.25, -0.2) is 0 Å². The van der Waals surface area contributed by atoms with Crippen LogP contribution in [0.2, 0.25) is 0 Å². The second-order valence-electron chi connectivity index (χ2n) is 5.50. The maximum atomic E-state index is 12.5. The number of primary amides is 1. The van der Waals surface area contributed by atoms with Gasteiger partial charge in [0.05, 0.1) is 6.04 Å². The van der Waals surface area contributed by atoms with Gasteiger partial charge in [0.2, 0.25) is 11.8 Å². The Balaban J connectivity index is 2.07. The first kappa shape index (κ1) is 13.3. The standard InChI is InChI=1S/C13H23N3O2/c1-9-5-4-7-15-11(9)13(18)16-8-3-2-6-10(16)12(14)17/h9-11,15H,2-8H2,1H3,(H2,14,17). The molecule has 2 heterocycles. The molecule has 102 valence electrons. The number of nitrogens with zero attached hydrogens (tertiary/aromatic N) is 1. The monoisotopic (exact) mass is 253 g/mol. The molecule has 3 N–H and O–H groups in total. The number of nitrogens with two attached hydrogens (primary N) is 1. The summed E-state index contributed by atoms with van der Waals surface area (Å²) in [5, 5.41) is 3.28. The van der Waals surface area contributed by atoms with E-state index in [2.05, 4.69) is 12.2 Å². The van der Waals surface area contributed by atoms with E-state index >= 15 is 0 Å². The van der Waals surface area contributed by atoms with E-state index in [1.807, 2.05) is 0 Å². The topological polar surface area (TPSA) is 75.4 Å². The van der Waals surface area contributed by atoms with Gasteiger partial charge < -0.3 is 16.0 Å². The number of nitrogens with one attached hydrogen (secondary N) is 1. The number of carbonyl (C=O) groups is 2. The Morgan fingerprint density at radius 3 is 2.67 bits per heavy atom. The number of likely N-dealkylation sites (tertiary alicyclic amines) is 1. The van der Waals surface area contributed by atoms with Crippen LogP contribution in [0.5, 0.6) is 0 Å². The van der Waals surface area contributed by atoms with E-state index in [0.29, 0.717) is 18.9 Å². The van der Waals surface area contributed by atoms with Crippen LogP contribution in [0, 0.1) is 5.92 Å². The van der Waals surface area contributed by atoms with Crippen molar-refractivity contribution >= 4 is 11.8 Å². The van der Waals surface area contributed by atoms with Gasteiger partial charge in [0.1, 0.15) is 6.04 Å². The van der Waals surface area contributed by atoms with Crippen molar-refractivity contribution in [1.29, 1.82) is 0 Å². The number of rotatable bonds is 2. The second kappa shape index (κ2) is 5.69. The second-order valence-corrected chi connectivity index (χ2v) is 5.50. The van der Waals surface area contributed by atoms with Gasteiger partial charge in [-0.1, -0.05) is 6.92 Å². The zero-order valence-electron chi connectivity index (χ0n) is 11.0. The lowest BCUT2D eigenvalue weighted by Crippen LogP contribution is -2.58. The maximum Gasteiger partial charge on any atom is 0.240 e. The van der Waals surface area contributed by atoms with Gasteiger partial charge >= 0.3 is 0 Å². The zero-order valence-corrected chi connectivity index (χ0v) is 11.0. The molecule has 2 rings (SSSR count). The van der Waals surface area contributed by atoms with Crippen molar-refractivity contribution in [2.75, 3.05) is 13.1 Å². The van der Waals surface area contributed by atoms with Gasteiger partial charge in [-0.05, 0) is 44.6 Å². The summed E-state index contributed by atoms with van der Waals surface area (Å²) in [6.45, 7) is 3.64. The van der Waals surface area contributed by atoms with Crippen LogP contribution in [0.4, 0.5) is 0 Å². The van der Waals surface area contributed by atoms with Gasteiger partial charge in [-0.3, -0.25) is 9.59 Å². The molecule has 5 nitrogen and oxygen atoms in total. The Kier molecular flexibility index (Phi) is 4.22. The van der Waals surface area contributed by atoms with E-state index in [1.54, 1.807) is 4.90 Å². The van der Waals surface area contributed by atoms with Crippen molar-refractivity contribution in [1.82, 2.24) is 10.2 Å². The highest BCUT2D eigenvalue weighted by atomic mass is 16.2. The van der Waals surface area contributed by atoms with Crippen molar-refractivity contribution in [2.45, 2.75) is 51.1 Å². The first-order valence-electron chi connectivity index (χ1n) is 6.94. The molecule has 2 saturated heterocycles. The Labute approximate surface area is 108 Å². The van der Waals surface area contributed by atoms with Gasteiger partial charge in [0.15, 0.2) is 0 Å². The van der Waals surface area contributed by atoms with Crippen molar-refractivity contribution in [3.8, 4) is 0 Å². The highest BCUT2D eigenvalue weighted by Gasteiger charge is 2.37. The molecule has 2 amide bonds. The van der Waals surface area contributed by atoms with Crippen LogP contribution in [0.3, 0.4) is 0 Å². The zero-order chi connectivity index (χ0) is 13.1. The predicted octanol–water partition coefficient (Wildman–Crippen LogP) is 0.241. The number of hydrogen-bond acceptors (Lipinski definition) is 3. The SMILES string of the molecule is CC1CCCNC1C(=O)N1CCCCC1C(N)=O. The van der Waals surface area contributed by atoms with E-state index in [9.17, 15) is 9.59 Å². The Morgan fingerprint density at radius 1 is 1.22 bits per heavy atom. The summed E-state index contributed by atoms with van der Waals surface area (Å²) >= 11 is 0. The summed E-state index contributed by atoms with van der Waals surface area (Å²) in [5.41, 5.74) is 5.41. The molecule has 2 aliphatic rings. The first-order chi connectivity index (χ1) is 8.61. The minimum absolute atomic E-state index is 0.0608. The fourth-order valence-corrected chi connectivity index (χ4v) is 3.05. The highest BCUT2D eigenvalue weighted by Crippen LogP contribution is 2.22. The Morgan fingerprint density at radius 2 is 2.00 bits per heavy atom. The molecular weight excluding hydrogens is 230 g/mol. The Bertz CT molecular complexity index is 332. The summed E-state index contributed by atoms with van der Waals surface area (Å²) in [5.74, 6) is 0.0268. The van der Waals surface area contributed by atoms with Crippen molar-refractivity contribution in [3.63, 3.8) is 0 Å². The van der Waals surface area contributed by atoms with Crippen molar-refractivity contribution < 1.29 is 9.59 Å². The smallest absolute Gasteiger partial charge is 0.240 e. The lowest BCUT2D eigenvalue weighted by Gasteiger charge is -2.39. The van der Waals surface area contributed by atoms with Crippen molar-refractivity contribution in [3.05, 3.63) is 0 Å². The van der Waals surface area contributed by atoms with Gasteiger partial charge in [-0.15, -0.1) is 0 Å². The number of amides is 2. The lowest BCUT2D eigenvalue weighted by atomic mass is 9.90. The average Bonchev–Trinajstić information content (AvgIpc) is 2.38. The molecule has 2 aliphatic heterocycles. The summed E-state index contributed by atoms with van der Waals surface area (Å²) in [6, 6.07) is -0.541. The fourth-order valence-electron chi connectivity index (χ4n) is 3.05. The summed E-state index contributed by atoms with van der Waals surface area (Å²) in [4.78, 5) is 25.7. The Hall–Kier alpha value is -1.10. The van der Waals surface area contributed by atoms with Gasteiger partial charge in [0, 0.05) is 6.54 Å². The van der Waals surface area contributed by atoms with Crippen LogP contribution in [-0.2, 0) is 9.59 Å². The number of carbonyl (C=O) groups excluding carboxylic acids is 2. The minimum atomic E-state index is -0.401. The molecule has 0 radical (unpaired) electrons.